The van der Waals surface area contributed by atoms with E-state index < -0.39 is 0 Å². The summed E-state index contributed by atoms with van der Waals surface area (Å²) in [6.45, 7) is 0.816. The Labute approximate surface area is 111 Å². The number of rotatable bonds is 7. The molecule has 0 aliphatic heterocycles. The molecule has 2 rings (SSSR count). The van der Waals surface area contributed by atoms with Gasteiger partial charge in [-0.15, -0.1) is 16.6 Å². The summed E-state index contributed by atoms with van der Waals surface area (Å²) in [5.41, 5.74) is 0.314. The van der Waals surface area contributed by atoms with E-state index in [1.54, 1.807) is 0 Å². The summed E-state index contributed by atoms with van der Waals surface area (Å²) in [5, 5.41) is 3.20. The Bertz CT molecular complexity index is 390. The van der Waals surface area contributed by atoms with Gasteiger partial charge in [-0.3, -0.25) is 0 Å². The zero-order chi connectivity index (χ0) is 13.0. The molecule has 0 aromatic carbocycles. The van der Waals surface area contributed by atoms with Gasteiger partial charge < -0.3 is 14.8 Å². The highest BCUT2D eigenvalue weighted by atomic mass is 35.5. The monoisotopic (exact) mass is 272 g/mol. The van der Waals surface area contributed by atoms with Crippen LogP contribution in [0.4, 0.5) is 5.95 Å². The molecule has 1 aromatic heterocycles. The number of hydrogen-bond donors (Lipinski definition) is 1. The van der Waals surface area contributed by atoms with Crippen molar-refractivity contribution in [2.24, 2.45) is 5.41 Å². The zero-order valence-electron chi connectivity index (χ0n) is 10.6. The molecule has 1 fully saturated rings. The Morgan fingerprint density at radius 3 is 2.22 bits per heavy atom. The van der Waals surface area contributed by atoms with Crippen LogP contribution in [-0.2, 0) is 0 Å². The molecule has 100 valence electrons. The molecule has 0 spiro atoms. The lowest BCUT2D eigenvalue weighted by molar-refractivity contribution is 0.340. The zero-order valence-corrected chi connectivity index (χ0v) is 11.3. The van der Waals surface area contributed by atoms with Crippen LogP contribution < -0.4 is 14.8 Å². The summed E-state index contributed by atoms with van der Waals surface area (Å²) in [7, 11) is 3.02. The van der Waals surface area contributed by atoms with E-state index in [-0.39, 0.29) is 12.0 Å². The lowest BCUT2D eigenvalue weighted by Crippen LogP contribution is -2.18. The first-order valence-electron chi connectivity index (χ1n) is 5.85. The smallest absolute Gasteiger partial charge is 0.324 e. The fourth-order valence-corrected chi connectivity index (χ4v) is 2.16. The van der Waals surface area contributed by atoms with Crippen LogP contribution >= 0.6 is 11.6 Å². The van der Waals surface area contributed by atoms with Crippen molar-refractivity contribution < 1.29 is 9.47 Å². The van der Waals surface area contributed by atoms with E-state index in [1.807, 2.05) is 0 Å². The maximum Gasteiger partial charge on any atom is 0.324 e. The molecule has 0 amide bonds. The topological polar surface area (TPSA) is 69.2 Å². The van der Waals surface area contributed by atoms with Crippen LogP contribution in [0.5, 0.6) is 12.0 Å². The highest BCUT2D eigenvalue weighted by molar-refractivity contribution is 6.17. The Morgan fingerprint density at radius 2 is 1.78 bits per heavy atom. The molecule has 1 N–H and O–H groups in total. The summed E-state index contributed by atoms with van der Waals surface area (Å²) in [4.78, 5) is 12.2. The SMILES string of the molecule is COc1nc(NCC2(CCCl)CC2)nc(OC)n1. The molecule has 0 unspecified atom stereocenters. The van der Waals surface area contributed by atoms with E-state index in [9.17, 15) is 0 Å². The highest BCUT2D eigenvalue weighted by Crippen LogP contribution is 2.48. The lowest BCUT2D eigenvalue weighted by Gasteiger charge is -2.14. The van der Waals surface area contributed by atoms with Gasteiger partial charge in [0.25, 0.3) is 0 Å². The van der Waals surface area contributed by atoms with Gasteiger partial charge in [0.05, 0.1) is 14.2 Å². The van der Waals surface area contributed by atoms with Crippen LogP contribution in [0.2, 0.25) is 0 Å². The molecule has 1 heterocycles. The van der Waals surface area contributed by atoms with Crippen molar-refractivity contribution in [2.45, 2.75) is 19.3 Å². The molecule has 18 heavy (non-hydrogen) atoms. The molecular weight excluding hydrogens is 256 g/mol. The van der Waals surface area contributed by atoms with Gasteiger partial charge in [0.2, 0.25) is 5.95 Å². The van der Waals surface area contributed by atoms with Crippen molar-refractivity contribution in [2.75, 3.05) is 32.0 Å². The van der Waals surface area contributed by atoms with Gasteiger partial charge in [-0.2, -0.15) is 9.97 Å². The van der Waals surface area contributed by atoms with Crippen LogP contribution in [0.25, 0.3) is 0 Å². The third kappa shape index (κ3) is 3.13. The molecule has 0 atom stereocenters. The minimum absolute atomic E-state index is 0.242. The Kier molecular flexibility index (Phi) is 4.06. The predicted molar refractivity (Wildman–Crippen MR) is 68.4 cm³/mol. The lowest BCUT2D eigenvalue weighted by atomic mass is 10.0. The molecule has 0 saturated heterocycles. The standard InChI is InChI=1S/C11H17ClN4O2/c1-17-9-14-8(15-10(16-9)18-2)13-7-11(3-4-11)5-6-12/h3-7H2,1-2H3,(H,13,14,15,16). The maximum absolute atomic E-state index is 5.79. The third-order valence-electron chi connectivity index (χ3n) is 3.16. The Hall–Kier alpha value is -1.30. The summed E-state index contributed by atoms with van der Waals surface area (Å²) in [5.74, 6) is 1.16. The fourth-order valence-electron chi connectivity index (χ4n) is 1.76. The summed E-state index contributed by atoms with van der Waals surface area (Å²) < 4.78 is 9.98. The molecule has 0 radical (unpaired) electrons. The first-order valence-corrected chi connectivity index (χ1v) is 6.39. The second-order valence-electron chi connectivity index (χ2n) is 4.42. The molecule has 1 saturated carbocycles. The minimum atomic E-state index is 0.242. The fraction of sp³-hybridized carbons (Fsp3) is 0.727. The number of nitrogens with one attached hydrogen (secondary N) is 1. The normalized spacial score (nSPS) is 16.2. The first kappa shape index (κ1) is 13.1. The van der Waals surface area contributed by atoms with E-state index in [0.29, 0.717) is 17.2 Å². The highest BCUT2D eigenvalue weighted by Gasteiger charge is 2.41. The van der Waals surface area contributed by atoms with Crippen molar-refractivity contribution in [3.8, 4) is 12.0 Å². The first-order chi connectivity index (χ1) is 8.71. The van der Waals surface area contributed by atoms with Gasteiger partial charge in [-0.1, -0.05) is 0 Å². The summed E-state index contributed by atoms with van der Waals surface area (Å²) in [6, 6.07) is 0.484. The largest absolute Gasteiger partial charge is 0.467 e. The van der Waals surface area contributed by atoms with Gasteiger partial charge in [-0.25, -0.2) is 0 Å². The van der Waals surface area contributed by atoms with E-state index in [1.165, 1.54) is 27.1 Å². The van der Waals surface area contributed by atoms with Crippen molar-refractivity contribution in [3.05, 3.63) is 0 Å². The number of alkyl halides is 1. The molecule has 0 bridgehead atoms. The van der Waals surface area contributed by atoms with Crippen molar-refractivity contribution >= 4 is 17.5 Å². The molecule has 7 heteroatoms. The molecule has 1 aliphatic rings. The molecule has 1 aliphatic carbocycles. The minimum Gasteiger partial charge on any atom is -0.467 e. The van der Waals surface area contributed by atoms with Gasteiger partial charge in [-0.05, 0) is 24.7 Å². The molecule has 1 aromatic rings. The summed E-state index contributed by atoms with van der Waals surface area (Å²) >= 11 is 5.79. The number of hydrogen-bond acceptors (Lipinski definition) is 6. The quantitative estimate of drug-likeness (QED) is 0.762. The van der Waals surface area contributed by atoms with Gasteiger partial charge in [0.15, 0.2) is 0 Å². The summed E-state index contributed by atoms with van der Waals surface area (Å²) in [6.07, 6.45) is 3.42. The Morgan fingerprint density at radius 1 is 1.17 bits per heavy atom. The maximum atomic E-state index is 5.79. The van der Waals surface area contributed by atoms with Crippen LogP contribution in [-0.4, -0.2) is 41.6 Å². The van der Waals surface area contributed by atoms with Gasteiger partial charge in [0, 0.05) is 12.4 Å². The number of anilines is 1. The van der Waals surface area contributed by atoms with E-state index in [4.69, 9.17) is 21.1 Å². The average Bonchev–Trinajstić information content (AvgIpc) is 3.16. The number of methoxy groups -OCH3 is 2. The van der Waals surface area contributed by atoms with E-state index >= 15 is 0 Å². The van der Waals surface area contributed by atoms with Crippen LogP contribution in [0.15, 0.2) is 0 Å². The number of ether oxygens (including phenoxy) is 2. The van der Waals surface area contributed by atoms with Crippen molar-refractivity contribution in [1.82, 2.24) is 15.0 Å². The second kappa shape index (κ2) is 5.56. The average molecular weight is 273 g/mol. The van der Waals surface area contributed by atoms with E-state index in [0.717, 1.165) is 13.0 Å². The van der Waals surface area contributed by atoms with Gasteiger partial charge in [0.1, 0.15) is 0 Å². The molecule has 6 nitrogen and oxygen atoms in total. The van der Waals surface area contributed by atoms with Crippen molar-refractivity contribution in [3.63, 3.8) is 0 Å². The Balaban J connectivity index is 2.00. The second-order valence-corrected chi connectivity index (χ2v) is 4.80. The van der Waals surface area contributed by atoms with Crippen LogP contribution in [0, 0.1) is 5.41 Å². The number of halogens is 1. The third-order valence-corrected chi connectivity index (χ3v) is 3.35. The van der Waals surface area contributed by atoms with Crippen LogP contribution in [0.3, 0.4) is 0 Å². The van der Waals surface area contributed by atoms with Crippen LogP contribution in [0.1, 0.15) is 19.3 Å². The van der Waals surface area contributed by atoms with Gasteiger partial charge >= 0.3 is 12.0 Å². The van der Waals surface area contributed by atoms with E-state index in [2.05, 4.69) is 20.3 Å². The molecular formula is C11H17ClN4O2. The number of nitrogens with zero attached hydrogens (tertiary/aromatic N) is 3. The predicted octanol–water partition coefficient (Wildman–Crippen LogP) is 1.71. The number of aromatic nitrogens is 3. The van der Waals surface area contributed by atoms with Crippen molar-refractivity contribution in [1.29, 1.82) is 0 Å².